The predicted octanol–water partition coefficient (Wildman–Crippen LogP) is 5.90. The number of fused-ring (bicyclic) bond motifs is 2. The van der Waals surface area contributed by atoms with Gasteiger partial charge >= 0.3 is 0 Å². The van der Waals surface area contributed by atoms with Gasteiger partial charge in [-0.25, -0.2) is 0 Å². The van der Waals surface area contributed by atoms with E-state index in [0.717, 1.165) is 17.8 Å². The lowest BCUT2D eigenvalue weighted by atomic mass is 9.45. The molecule has 0 nitrogen and oxygen atoms in total. The average molecular weight is 480 g/mol. The maximum atomic E-state index is 2.51. The highest BCUT2D eigenvalue weighted by molar-refractivity contribution is 14.1. The van der Waals surface area contributed by atoms with E-state index < -0.39 is 0 Å². The molecule has 1 aromatic carbocycles. The van der Waals surface area contributed by atoms with Crippen LogP contribution in [-0.4, -0.2) is 0 Å². The first-order valence-electron chi connectivity index (χ1n) is 7.42. The van der Waals surface area contributed by atoms with E-state index in [1.165, 1.54) is 44.8 Å². The van der Waals surface area contributed by atoms with E-state index >= 15 is 0 Å². The van der Waals surface area contributed by atoms with Crippen molar-refractivity contribution < 1.29 is 0 Å². The summed E-state index contributed by atoms with van der Waals surface area (Å²) in [6.07, 6.45) is 7.16. The van der Waals surface area contributed by atoms with Gasteiger partial charge in [-0.1, -0.05) is 13.8 Å². The van der Waals surface area contributed by atoms with Gasteiger partial charge in [0.25, 0.3) is 0 Å². The minimum atomic E-state index is 0.641. The van der Waals surface area contributed by atoms with E-state index in [-0.39, 0.29) is 0 Å². The third kappa shape index (κ3) is 2.85. The smallest absolute Gasteiger partial charge is 0.0143 e. The summed E-state index contributed by atoms with van der Waals surface area (Å²) in [5, 5.41) is 0. The molecule has 3 aliphatic rings. The molecule has 1 unspecified atom stereocenters. The molecule has 3 aliphatic carbocycles. The Morgan fingerprint density at radius 2 is 1.79 bits per heavy atom. The maximum absolute atomic E-state index is 2.51. The molecule has 104 valence electrons. The first kappa shape index (κ1) is 14.6. The molecule has 0 radical (unpaired) electrons. The Morgan fingerprint density at radius 1 is 1.11 bits per heavy atom. The zero-order valence-electron chi connectivity index (χ0n) is 11.8. The topological polar surface area (TPSA) is 0 Å². The van der Waals surface area contributed by atoms with Gasteiger partial charge < -0.3 is 0 Å². The van der Waals surface area contributed by atoms with Crippen LogP contribution in [0.25, 0.3) is 0 Å². The summed E-state index contributed by atoms with van der Waals surface area (Å²) in [6.45, 7) is 5.01. The van der Waals surface area contributed by atoms with Crippen molar-refractivity contribution >= 4 is 45.2 Å². The van der Waals surface area contributed by atoms with Gasteiger partial charge in [0.15, 0.2) is 0 Å². The highest BCUT2D eigenvalue weighted by Gasteiger charge is 2.53. The van der Waals surface area contributed by atoms with Crippen LogP contribution in [0.2, 0.25) is 0 Å². The van der Waals surface area contributed by atoms with E-state index in [0.29, 0.717) is 5.41 Å². The van der Waals surface area contributed by atoms with Gasteiger partial charge in [-0.05, 0) is 124 Å². The van der Waals surface area contributed by atoms with Crippen LogP contribution < -0.4 is 0 Å². The zero-order chi connectivity index (χ0) is 13.6. The molecule has 0 amide bonds. The number of hydrogen-bond donors (Lipinski definition) is 0. The third-order valence-corrected chi connectivity index (χ3v) is 6.97. The largest absolute Gasteiger partial charge is 0.0594 e. The van der Waals surface area contributed by atoms with Crippen molar-refractivity contribution in [3.63, 3.8) is 0 Å². The Kier molecular flexibility index (Phi) is 4.20. The Hall–Kier alpha value is 0.680. The second kappa shape index (κ2) is 5.47. The van der Waals surface area contributed by atoms with Gasteiger partial charge in [-0.3, -0.25) is 0 Å². The van der Waals surface area contributed by atoms with E-state index in [1.54, 1.807) is 0 Å². The fourth-order valence-electron chi connectivity index (χ4n) is 4.42. The SMILES string of the molecule is CC1(C)[C@H]2CCC(CCc3cc(I)cc(I)c3)[C@@H]1C2. The van der Waals surface area contributed by atoms with Crippen LogP contribution in [0.5, 0.6) is 0 Å². The molecule has 3 saturated carbocycles. The van der Waals surface area contributed by atoms with Gasteiger partial charge in [0.1, 0.15) is 0 Å². The van der Waals surface area contributed by atoms with E-state index in [1.807, 2.05) is 0 Å². The highest BCUT2D eigenvalue weighted by Crippen LogP contribution is 2.62. The summed E-state index contributed by atoms with van der Waals surface area (Å²) < 4.78 is 2.76. The van der Waals surface area contributed by atoms with E-state index in [4.69, 9.17) is 0 Å². The van der Waals surface area contributed by atoms with Crippen LogP contribution in [0.3, 0.4) is 0 Å². The van der Waals surface area contributed by atoms with Crippen LogP contribution in [0.4, 0.5) is 0 Å². The van der Waals surface area contributed by atoms with Crippen molar-refractivity contribution in [2.24, 2.45) is 23.2 Å². The fraction of sp³-hybridized carbons (Fsp3) is 0.647. The molecule has 2 bridgehead atoms. The minimum absolute atomic E-state index is 0.641. The lowest BCUT2D eigenvalue weighted by Crippen LogP contribution is -2.52. The number of hydrogen-bond acceptors (Lipinski definition) is 0. The first-order chi connectivity index (χ1) is 8.96. The Labute approximate surface area is 144 Å². The van der Waals surface area contributed by atoms with Gasteiger partial charge in [0.2, 0.25) is 0 Å². The molecule has 3 fully saturated rings. The van der Waals surface area contributed by atoms with Crippen molar-refractivity contribution in [2.45, 2.75) is 46.0 Å². The molecular formula is C17H22I2. The summed E-state index contributed by atoms with van der Waals surface area (Å²) in [7, 11) is 0. The molecule has 19 heavy (non-hydrogen) atoms. The van der Waals surface area contributed by atoms with Crippen LogP contribution in [-0.2, 0) is 6.42 Å². The van der Waals surface area contributed by atoms with Crippen LogP contribution in [0.15, 0.2) is 18.2 Å². The van der Waals surface area contributed by atoms with Gasteiger partial charge in [-0.15, -0.1) is 0 Å². The van der Waals surface area contributed by atoms with Gasteiger partial charge in [-0.2, -0.15) is 0 Å². The molecule has 0 aromatic heterocycles. The standard InChI is InChI=1S/C17H22I2/c1-17(2)13-6-5-12(16(17)9-13)4-3-11-7-14(18)10-15(19)8-11/h7-8,10,12-13,16H,3-6,9H2,1-2H3/t12?,13-,16-/m0/s1. The van der Waals surface area contributed by atoms with Crippen LogP contribution in [0.1, 0.15) is 45.1 Å². The number of aryl methyl sites for hydroxylation is 1. The zero-order valence-corrected chi connectivity index (χ0v) is 16.1. The highest BCUT2D eigenvalue weighted by atomic mass is 127. The molecule has 2 heteroatoms. The monoisotopic (exact) mass is 480 g/mol. The van der Waals surface area contributed by atoms with Crippen LogP contribution in [0, 0.1) is 30.3 Å². The normalized spacial score (nSPS) is 31.9. The molecule has 4 rings (SSSR count). The Bertz CT molecular complexity index is 456. The summed E-state index contributed by atoms with van der Waals surface area (Å²) in [4.78, 5) is 0. The lowest BCUT2D eigenvalue weighted by molar-refractivity contribution is -0.106. The van der Waals surface area contributed by atoms with E-state index in [2.05, 4.69) is 77.2 Å². The van der Waals surface area contributed by atoms with Crippen molar-refractivity contribution in [1.29, 1.82) is 0 Å². The summed E-state index contributed by atoms with van der Waals surface area (Å²) in [6, 6.07) is 6.98. The molecule has 0 saturated heterocycles. The second-order valence-electron chi connectivity index (χ2n) is 7.01. The molecule has 0 N–H and O–H groups in total. The molecule has 0 spiro atoms. The molecular weight excluding hydrogens is 458 g/mol. The van der Waals surface area contributed by atoms with Crippen molar-refractivity contribution in [3.05, 3.63) is 30.9 Å². The average Bonchev–Trinajstić information content (AvgIpc) is 2.35. The van der Waals surface area contributed by atoms with Crippen molar-refractivity contribution in [1.82, 2.24) is 0 Å². The summed E-state index contributed by atoms with van der Waals surface area (Å²) in [5.74, 6) is 3.02. The molecule has 0 aliphatic heterocycles. The number of halogens is 2. The summed E-state index contributed by atoms with van der Waals surface area (Å²) >= 11 is 4.88. The van der Waals surface area contributed by atoms with Gasteiger partial charge in [0, 0.05) is 7.14 Å². The third-order valence-electron chi connectivity index (χ3n) is 5.73. The summed E-state index contributed by atoms with van der Waals surface area (Å²) in [5.41, 5.74) is 2.18. The molecule has 0 heterocycles. The molecule has 3 atom stereocenters. The predicted molar refractivity (Wildman–Crippen MR) is 98.3 cm³/mol. The Morgan fingerprint density at radius 3 is 2.37 bits per heavy atom. The lowest BCUT2D eigenvalue weighted by Gasteiger charge is -2.60. The number of rotatable bonds is 3. The van der Waals surface area contributed by atoms with Gasteiger partial charge in [0.05, 0.1) is 0 Å². The minimum Gasteiger partial charge on any atom is -0.0594 e. The second-order valence-corrected chi connectivity index (χ2v) is 9.51. The van der Waals surface area contributed by atoms with Crippen molar-refractivity contribution in [3.8, 4) is 0 Å². The van der Waals surface area contributed by atoms with Crippen molar-refractivity contribution in [2.75, 3.05) is 0 Å². The molecule has 1 aromatic rings. The van der Waals surface area contributed by atoms with E-state index in [9.17, 15) is 0 Å². The van der Waals surface area contributed by atoms with Crippen LogP contribution >= 0.6 is 45.2 Å². The first-order valence-corrected chi connectivity index (χ1v) is 9.57. The Balaban J connectivity index is 1.63. The number of benzene rings is 1. The fourth-order valence-corrected chi connectivity index (χ4v) is 6.48. The maximum Gasteiger partial charge on any atom is 0.0143 e. The quantitative estimate of drug-likeness (QED) is 0.473.